The van der Waals surface area contributed by atoms with E-state index in [4.69, 9.17) is 5.11 Å². The SMILES string of the molecule is CC(=O)c1cccc(C)c1C.CO. The van der Waals surface area contributed by atoms with Gasteiger partial charge in [0.1, 0.15) is 0 Å². The zero-order chi connectivity index (χ0) is 10.4. The van der Waals surface area contributed by atoms with E-state index in [0.29, 0.717) is 0 Å². The average Bonchev–Trinajstić information content (AvgIpc) is 2.13. The highest BCUT2D eigenvalue weighted by Gasteiger charge is 2.03. The van der Waals surface area contributed by atoms with Gasteiger partial charge in [-0.05, 0) is 31.9 Å². The number of hydrogen-bond acceptors (Lipinski definition) is 2. The van der Waals surface area contributed by atoms with Gasteiger partial charge in [-0.15, -0.1) is 0 Å². The molecule has 0 unspecified atom stereocenters. The topological polar surface area (TPSA) is 37.3 Å². The quantitative estimate of drug-likeness (QED) is 0.672. The van der Waals surface area contributed by atoms with Crippen molar-refractivity contribution >= 4 is 5.78 Å². The Hall–Kier alpha value is -1.15. The molecule has 0 atom stereocenters. The highest BCUT2D eigenvalue weighted by atomic mass is 16.2. The van der Waals surface area contributed by atoms with Gasteiger partial charge in [0.15, 0.2) is 5.78 Å². The van der Waals surface area contributed by atoms with E-state index < -0.39 is 0 Å². The van der Waals surface area contributed by atoms with Crippen LogP contribution >= 0.6 is 0 Å². The third-order valence-corrected chi connectivity index (χ3v) is 1.98. The average molecular weight is 180 g/mol. The minimum atomic E-state index is 0.145. The van der Waals surface area contributed by atoms with Crippen LogP contribution in [0.4, 0.5) is 0 Å². The summed E-state index contributed by atoms with van der Waals surface area (Å²) in [6.07, 6.45) is 0. The van der Waals surface area contributed by atoms with Crippen LogP contribution in [-0.2, 0) is 0 Å². The standard InChI is InChI=1S/C10H12O.CH4O/c1-7-5-4-6-10(8(7)2)9(3)11;1-2/h4-6H,1-3H3;2H,1H3. The van der Waals surface area contributed by atoms with Crippen molar-refractivity contribution in [1.29, 1.82) is 0 Å². The number of hydrogen-bond donors (Lipinski definition) is 1. The number of rotatable bonds is 1. The second kappa shape index (κ2) is 5.49. The van der Waals surface area contributed by atoms with Gasteiger partial charge in [0, 0.05) is 12.7 Å². The molecule has 0 aliphatic rings. The Morgan fingerprint density at radius 3 is 2.15 bits per heavy atom. The van der Waals surface area contributed by atoms with Crippen LogP contribution in [0.1, 0.15) is 28.4 Å². The van der Waals surface area contributed by atoms with Crippen molar-refractivity contribution in [1.82, 2.24) is 0 Å². The van der Waals surface area contributed by atoms with Gasteiger partial charge in [0.25, 0.3) is 0 Å². The van der Waals surface area contributed by atoms with E-state index in [-0.39, 0.29) is 5.78 Å². The first-order chi connectivity index (χ1) is 6.13. The summed E-state index contributed by atoms with van der Waals surface area (Å²) in [5, 5.41) is 7.00. The van der Waals surface area contributed by atoms with E-state index in [1.165, 1.54) is 5.56 Å². The molecule has 2 nitrogen and oxygen atoms in total. The minimum Gasteiger partial charge on any atom is -0.400 e. The van der Waals surface area contributed by atoms with Crippen molar-refractivity contribution in [3.63, 3.8) is 0 Å². The number of Topliss-reactive ketones (excluding diaryl/α,β-unsaturated/α-hetero) is 1. The molecule has 0 aliphatic carbocycles. The van der Waals surface area contributed by atoms with Crippen LogP contribution in [0.15, 0.2) is 18.2 Å². The number of ketones is 1. The van der Waals surface area contributed by atoms with Crippen molar-refractivity contribution < 1.29 is 9.90 Å². The van der Waals surface area contributed by atoms with E-state index in [1.54, 1.807) is 6.92 Å². The molecule has 0 fully saturated rings. The zero-order valence-electron chi connectivity index (χ0n) is 8.59. The van der Waals surface area contributed by atoms with Crippen LogP contribution in [-0.4, -0.2) is 18.0 Å². The van der Waals surface area contributed by atoms with Crippen LogP contribution in [0.25, 0.3) is 0 Å². The Balaban J connectivity index is 0.000000671. The number of aliphatic hydroxyl groups is 1. The lowest BCUT2D eigenvalue weighted by Gasteiger charge is -2.03. The first-order valence-electron chi connectivity index (χ1n) is 4.15. The van der Waals surface area contributed by atoms with Crippen LogP contribution in [0.3, 0.4) is 0 Å². The Kier molecular flexibility index (Phi) is 5.00. The lowest BCUT2D eigenvalue weighted by molar-refractivity contribution is 0.101. The van der Waals surface area contributed by atoms with Crippen molar-refractivity contribution in [2.45, 2.75) is 20.8 Å². The van der Waals surface area contributed by atoms with E-state index in [2.05, 4.69) is 0 Å². The Morgan fingerprint density at radius 2 is 1.77 bits per heavy atom. The summed E-state index contributed by atoms with van der Waals surface area (Å²) >= 11 is 0. The molecule has 0 saturated carbocycles. The lowest BCUT2D eigenvalue weighted by atomic mass is 10.0. The monoisotopic (exact) mass is 180 g/mol. The van der Waals surface area contributed by atoms with Crippen LogP contribution in [0.2, 0.25) is 0 Å². The highest BCUT2D eigenvalue weighted by molar-refractivity contribution is 5.95. The molecule has 2 heteroatoms. The maximum absolute atomic E-state index is 11.0. The van der Waals surface area contributed by atoms with Crippen molar-refractivity contribution in [2.75, 3.05) is 7.11 Å². The molecule has 0 amide bonds. The van der Waals surface area contributed by atoms with Gasteiger partial charge < -0.3 is 5.11 Å². The van der Waals surface area contributed by atoms with Gasteiger partial charge in [-0.25, -0.2) is 0 Å². The van der Waals surface area contributed by atoms with E-state index in [9.17, 15) is 4.79 Å². The summed E-state index contributed by atoms with van der Waals surface area (Å²) < 4.78 is 0. The Labute approximate surface area is 79.2 Å². The second-order valence-electron chi connectivity index (χ2n) is 2.80. The first kappa shape index (κ1) is 11.8. The first-order valence-corrected chi connectivity index (χ1v) is 4.15. The van der Waals surface area contributed by atoms with Crippen LogP contribution < -0.4 is 0 Å². The third kappa shape index (κ3) is 2.99. The van der Waals surface area contributed by atoms with Crippen molar-refractivity contribution in [2.24, 2.45) is 0 Å². The summed E-state index contributed by atoms with van der Waals surface area (Å²) in [5.74, 6) is 0.145. The predicted molar refractivity (Wildman–Crippen MR) is 54.1 cm³/mol. The molecule has 0 aromatic heterocycles. The molecule has 1 aromatic rings. The molecule has 1 aromatic carbocycles. The fraction of sp³-hybridized carbons (Fsp3) is 0.364. The molecular formula is C11H16O2. The smallest absolute Gasteiger partial charge is 0.160 e. The van der Waals surface area contributed by atoms with Gasteiger partial charge in [-0.1, -0.05) is 18.2 Å². The Morgan fingerprint density at radius 1 is 1.23 bits per heavy atom. The van der Waals surface area contributed by atoms with Crippen LogP contribution in [0, 0.1) is 13.8 Å². The molecule has 0 bridgehead atoms. The summed E-state index contributed by atoms with van der Waals surface area (Å²) in [6, 6.07) is 5.80. The highest BCUT2D eigenvalue weighted by Crippen LogP contribution is 2.12. The number of carbonyl (C=O) groups excluding carboxylic acids is 1. The van der Waals surface area contributed by atoms with Gasteiger partial charge in [-0.2, -0.15) is 0 Å². The molecule has 0 spiro atoms. The third-order valence-electron chi connectivity index (χ3n) is 1.98. The minimum absolute atomic E-state index is 0.145. The molecule has 0 heterocycles. The molecule has 0 aliphatic heterocycles. The molecule has 0 radical (unpaired) electrons. The van der Waals surface area contributed by atoms with Crippen molar-refractivity contribution in [3.05, 3.63) is 34.9 Å². The molecule has 1 N–H and O–H groups in total. The second-order valence-corrected chi connectivity index (χ2v) is 2.80. The predicted octanol–water partition coefficient (Wildman–Crippen LogP) is 2.11. The van der Waals surface area contributed by atoms with Gasteiger partial charge >= 0.3 is 0 Å². The molecule has 1 rings (SSSR count). The largest absolute Gasteiger partial charge is 0.400 e. The maximum atomic E-state index is 11.0. The van der Waals surface area contributed by atoms with Crippen molar-refractivity contribution in [3.8, 4) is 0 Å². The van der Waals surface area contributed by atoms with E-state index in [0.717, 1.165) is 18.2 Å². The zero-order valence-corrected chi connectivity index (χ0v) is 8.59. The van der Waals surface area contributed by atoms with Gasteiger partial charge in [-0.3, -0.25) is 4.79 Å². The molecule has 13 heavy (non-hydrogen) atoms. The Bertz CT molecular complexity index is 290. The van der Waals surface area contributed by atoms with Gasteiger partial charge in [0.05, 0.1) is 0 Å². The summed E-state index contributed by atoms with van der Waals surface area (Å²) in [5.41, 5.74) is 3.11. The fourth-order valence-electron chi connectivity index (χ4n) is 1.13. The van der Waals surface area contributed by atoms with Crippen LogP contribution in [0.5, 0.6) is 0 Å². The number of carbonyl (C=O) groups is 1. The maximum Gasteiger partial charge on any atom is 0.160 e. The molecule has 72 valence electrons. The lowest BCUT2D eigenvalue weighted by Crippen LogP contribution is -1.96. The molecular weight excluding hydrogens is 164 g/mol. The summed E-state index contributed by atoms with van der Waals surface area (Å²) in [4.78, 5) is 11.0. The summed E-state index contributed by atoms with van der Waals surface area (Å²) in [6.45, 7) is 5.59. The normalized spacial score (nSPS) is 8.69. The van der Waals surface area contributed by atoms with E-state index in [1.807, 2.05) is 32.0 Å². The summed E-state index contributed by atoms with van der Waals surface area (Å²) in [7, 11) is 1.00. The number of benzene rings is 1. The molecule has 0 saturated heterocycles. The number of aliphatic hydroxyl groups excluding tert-OH is 1. The number of aryl methyl sites for hydroxylation is 1. The fourth-order valence-corrected chi connectivity index (χ4v) is 1.13. The van der Waals surface area contributed by atoms with E-state index >= 15 is 0 Å². The van der Waals surface area contributed by atoms with Gasteiger partial charge in [0.2, 0.25) is 0 Å².